The van der Waals surface area contributed by atoms with Crippen LogP contribution in [-0.4, -0.2) is 60.5 Å². The van der Waals surface area contributed by atoms with Crippen molar-refractivity contribution in [2.45, 2.75) is 231 Å². The van der Waals surface area contributed by atoms with Gasteiger partial charge in [-0.2, -0.15) is 0 Å². The lowest BCUT2D eigenvalue weighted by Crippen LogP contribution is -2.34. The zero-order chi connectivity index (χ0) is 40.5. The van der Waals surface area contributed by atoms with Gasteiger partial charge < -0.3 is 25.2 Å². The number of carboxylic acid groups (broad SMARTS) is 1. The highest BCUT2D eigenvalue weighted by molar-refractivity contribution is 7.47. The summed E-state index contributed by atoms with van der Waals surface area (Å²) in [5.41, 5.74) is 5.36. The molecule has 4 N–H and O–H groups in total. The average molecular weight is 804 g/mol. The molecule has 0 aromatic rings. The lowest BCUT2D eigenvalue weighted by molar-refractivity contribution is -0.154. The van der Waals surface area contributed by atoms with Gasteiger partial charge >= 0.3 is 19.8 Å². The fraction of sp³-hybridized carbons (Fsp3) is 0.909. The first-order chi connectivity index (χ1) is 26.7. The Kier molecular flexibility index (Phi) is 39.9. The first-order valence-electron chi connectivity index (χ1n) is 22.7. The molecule has 0 spiro atoms. The highest BCUT2D eigenvalue weighted by atomic mass is 31.2. The largest absolute Gasteiger partial charge is 0.480 e. The topological polar surface area (TPSA) is 155 Å². The van der Waals surface area contributed by atoms with Crippen molar-refractivity contribution < 1.29 is 42.7 Å². The number of phosphoric ester groups is 1. The van der Waals surface area contributed by atoms with Gasteiger partial charge in [0.25, 0.3) is 0 Å². The number of nitrogens with two attached hydrogens (primary N) is 1. The van der Waals surface area contributed by atoms with Crippen molar-refractivity contribution >= 4 is 19.8 Å². The van der Waals surface area contributed by atoms with Crippen molar-refractivity contribution in [1.82, 2.24) is 0 Å². The van der Waals surface area contributed by atoms with Crippen molar-refractivity contribution in [1.29, 1.82) is 0 Å². The lowest BCUT2D eigenvalue weighted by atomic mass is 10.0. The van der Waals surface area contributed by atoms with Crippen LogP contribution < -0.4 is 5.73 Å². The molecule has 326 valence electrons. The first kappa shape index (κ1) is 53.7. The minimum atomic E-state index is -4.61. The summed E-state index contributed by atoms with van der Waals surface area (Å²) in [7, 11) is -4.61. The highest BCUT2D eigenvalue weighted by Gasteiger charge is 2.27. The van der Waals surface area contributed by atoms with Crippen molar-refractivity contribution in [3.63, 3.8) is 0 Å². The molecule has 0 radical (unpaired) electrons. The predicted octanol–water partition coefficient (Wildman–Crippen LogP) is 12.5. The molecule has 0 fully saturated rings. The molecule has 0 aliphatic carbocycles. The second-order valence-corrected chi connectivity index (χ2v) is 17.0. The van der Waals surface area contributed by atoms with Crippen LogP contribution in [-0.2, 0) is 32.7 Å². The van der Waals surface area contributed by atoms with E-state index >= 15 is 0 Å². The maximum Gasteiger partial charge on any atom is 0.472 e. The van der Waals surface area contributed by atoms with Crippen LogP contribution in [0.15, 0.2) is 12.2 Å². The molecule has 0 aromatic carbocycles. The minimum absolute atomic E-state index is 0.0196. The fourth-order valence-electron chi connectivity index (χ4n) is 6.48. The van der Waals surface area contributed by atoms with E-state index in [0.29, 0.717) is 13.0 Å². The molecule has 0 saturated heterocycles. The summed E-state index contributed by atoms with van der Waals surface area (Å²) in [4.78, 5) is 33.5. The van der Waals surface area contributed by atoms with Gasteiger partial charge in [0, 0.05) is 13.0 Å². The van der Waals surface area contributed by atoms with Gasteiger partial charge in [-0.3, -0.25) is 18.6 Å². The van der Waals surface area contributed by atoms with Crippen molar-refractivity contribution in [2.75, 3.05) is 26.4 Å². The van der Waals surface area contributed by atoms with Crippen LogP contribution in [0.25, 0.3) is 0 Å². The predicted molar refractivity (Wildman–Crippen MR) is 226 cm³/mol. The van der Waals surface area contributed by atoms with Gasteiger partial charge in [-0.15, -0.1) is 0 Å². The quantitative estimate of drug-likeness (QED) is 0.0235. The van der Waals surface area contributed by atoms with Gasteiger partial charge in [0.1, 0.15) is 12.1 Å². The van der Waals surface area contributed by atoms with Gasteiger partial charge in [0.05, 0.1) is 19.8 Å². The second kappa shape index (κ2) is 40.9. The third-order valence-electron chi connectivity index (χ3n) is 10.0. The summed E-state index contributed by atoms with van der Waals surface area (Å²) in [5, 5.41) is 8.90. The smallest absolute Gasteiger partial charge is 0.472 e. The van der Waals surface area contributed by atoms with Gasteiger partial charge in [0.2, 0.25) is 0 Å². The van der Waals surface area contributed by atoms with Crippen LogP contribution in [0.5, 0.6) is 0 Å². The summed E-state index contributed by atoms with van der Waals surface area (Å²) >= 11 is 0. The Morgan fingerprint density at radius 2 is 0.945 bits per heavy atom. The second-order valence-electron chi connectivity index (χ2n) is 15.5. The van der Waals surface area contributed by atoms with E-state index in [0.717, 1.165) is 51.4 Å². The molecular formula is C44H86NO9P. The Bertz CT molecular complexity index is 935. The van der Waals surface area contributed by atoms with E-state index in [-0.39, 0.29) is 13.0 Å². The van der Waals surface area contributed by atoms with Crippen molar-refractivity contribution in [3.8, 4) is 0 Å². The third kappa shape index (κ3) is 40.7. The van der Waals surface area contributed by atoms with Crippen LogP contribution in [0.3, 0.4) is 0 Å². The number of esters is 1. The number of carbonyl (C=O) groups excluding carboxylic acids is 1. The third-order valence-corrected chi connectivity index (χ3v) is 11.0. The van der Waals surface area contributed by atoms with Gasteiger partial charge in [0.15, 0.2) is 0 Å². The van der Waals surface area contributed by atoms with E-state index in [1.54, 1.807) is 0 Å². The number of allylic oxidation sites excluding steroid dienone is 2. The van der Waals surface area contributed by atoms with Crippen molar-refractivity contribution in [3.05, 3.63) is 12.2 Å². The molecule has 55 heavy (non-hydrogen) atoms. The number of carboxylic acids is 1. The standard InChI is InChI=1S/C44H86NO9P/c1-3-5-7-9-11-13-15-17-19-20-21-23-25-27-29-31-33-35-37-51-38-41(39-52-55(49,50)53-40-42(45)44(47)48)54-43(46)36-34-32-30-28-26-24-22-18-16-14-12-10-8-6-4-2/h18,22,41-42H,3-17,19-21,23-40,45H2,1-2H3,(H,47,48)(H,49,50)/b22-18-. The molecule has 11 heteroatoms. The molecule has 0 heterocycles. The van der Waals surface area contributed by atoms with Crippen LogP contribution >= 0.6 is 7.82 Å². The molecule has 10 nitrogen and oxygen atoms in total. The zero-order valence-electron chi connectivity index (χ0n) is 35.5. The molecule has 0 rings (SSSR count). The van der Waals surface area contributed by atoms with Crippen molar-refractivity contribution in [2.24, 2.45) is 5.73 Å². The molecule has 0 bridgehead atoms. The molecule has 0 aliphatic heterocycles. The van der Waals surface area contributed by atoms with E-state index in [9.17, 15) is 19.0 Å². The normalized spacial score (nSPS) is 14.0. The molecule has 0 saturated carbocycles. The molecule has 0 aromatic heterocycles. The summed E-state index contributed by atoms with van der Waals surface area (Å²) in [5.74, 6) is -1.78. The number of hydrogen-bond donors (Lipinski definition) is 3. The maximum absolute atomic E-state index is 12.6. The Hall–Kier alpha value is -1.29. The van der Waals surface area contributed by atoms with E-state index in [4.69, 9.17) is 29.4 Å². The Balaban J connectivity index is 4.18. The number of ether oxygens (including phenoxy) is 2. The fourth-order valence-corrected chi connectivity index (χ4v) is 7.26. The van der Waals surface area contributed by atoms with Crippen LogP contribution in [0, 0.1) is 0 Å². The van der Waals surface area contributed by atoms with Crippen LogP contribution in [0.1, 0.15) is 219 Å². The highest BCUT2D eigenvalue weighted by Crippen LogP contribution is 2.43. The number of rotatable bonds is 44. The number of unbranched alkanes of at least 4 members (excludes halogenated alkanes) is 28. The molecule has 0 amide bonds. The number of phosphoric acid groups is 1. The van der Waals surface area contributed by atoms with Gasteiger partial charge in [-0.05, 0) is 38.5 Å². The molecule has 0 aliphatic rings. The lowest BCUT2D eigenvalue weighted by Gasteiger charge is -2.20. The average Bonchev–Trinajstić information content (AvgIpc) is 3.16. The number of carbonyl (C=O) groups is 2. The SMILES string of the molecule is CCCCCCCC/C=C\CCCCCCCC(=O)OC(COCCCCCCCCCCCCCCCCCCCC)COP(=O)(O)OCC(N)C(=O)O. The zero-order valence-corrected chi connectivity index (χ0v) is 36.4. The Labute approximate surface area is 337 Å². The van der Waals surface area contributed by atoms with E-state index in [2.05, 4.69) is 26.0 Å². The number of hydrogen-bond acceptors (Lipinski definition) is 8. The summed E-state index contributed by atoms with van der Waals surface area (Å²) in [6, 6.07) is -1.47. The maximum atomic E-state index is 12.6. The molecular weight excluding hydrogens is 717 g/mol. The Morgan fingerprint density at radius 1 is 0.564 bits per heavy atom. The van der Waals surface area contributed by atoms with E-state index < -0.39 is 45.1 Å². The summed E-state index contributed by atoms with van der Waals surface area (Å²) in [6.07, 6.45) is 42.6. The van der Waals surface area contributed by atoms with Gasteiger partial charge in [-0.1, -0.05) is 187 Å². The Morgan fingerprint density at radius 3 is 1.38 bits per heavy atom. The minimum Gasteiger partial charge on any atom is -0.480 e. The van der Waals surface area contributed by atoms with Gasteiger partial charge in [-0.25, -0.2) is 4.57 Å². The first-order valence-corrected chi connectivity index (χ1v) is 24.2. The van der Waals surface area contributed by atoms with E-state index in [1.807, 2.05) is 0 Å². The number of aliphatic carboxylic acids is 1. The summed E-state index contributed by atoms with van der Waals surface area (Å²) < 4.78 is 33.4. The monoisotopic (exact) mass is 804 g/mol. The van der Waals surface area contributed by atoms with Crippen LogP contribution in [0.4, 0.5) is 0 Å². The van der Waals surface area contributed by atoms with E-state index in [1.165, 1.54) is 141 Å². The molecule has 3 unspecified atom stereocenters. The molecule has 3 atom stereocenters. The summed E-state index contributed by atoms with van der Waals surface area (Å²) in [6.45, 7) is 3.90. The van der Waals surface area contributed by atoms with Crippen LogP contribution in [0.2, 0.25) is 0 Å².